The molecule has 2 unspecified atom stereocenters. The van der Waals surface area contributed by atoms with Gasteiger partial charge in [0, 0.05) is 45.7 Å². The Morgan fingerprint density at radius 3 is 2.72 bits per heavy atom. The van der Waals surface area contributed by atoms with E-state index in [1.54, 1.807) is 19.3 Å². The minimum Gasteiger partial charge on any atom is -0.368 e. The van der Waals surface area contributed by atoms with Gasteiger partial charge < -0.3 is 15.5 Å². The molecule has 2 amide bonds. The first kappa shape index (κ1) is 22.2. The molecular weight excluding hydrogens is 404 g/mol. The third-order valence-electron chi connectivity index (χ3n) is 6.99. The van der Waals surface area contributed by atoms with Gasteiger partial charge in [0.1, 0.15) is 5.69 Å². The van der Waals surface area contributed by atoms with Gasteiger partial charge in [-0.2, -0.15) is 0 Å². The second-order valence-corrected chi connectivity index (χ2v) is 8.91. The third kappa shape index (κ3) is 4.07. The average Bonchev–Trinajstić information content (AvgIpc) is 3.56. The van der Waals surface area contributed by atoms with E-state index in [0.717, 1.165) is 62.6 Å². The molecule has 1 aliphatic carbocycles. The van der Waals surface area contributed by atoms with Gasteiger partial charge in [0.15, 0.2) is 0 Å². The van der Waals surface area contributed by atoms with Crippen LogP contribution in [0, 0.1) is 11.3 Å². The summed E-state index contributed by atoms with van der Waals surface area (Å²) in [4.78, 5) is 37.5. The zero-order chi connectivity index (χ0) is 22.9. The number of nitrogens with one attached hydrogen (secondary N) is 2. The molecule has 0 spiro atoms. The second kappa shape index (κ2) is 8.86. The summed E-state index contributed by atoms with van der Waals surface area (Å²) in [6.07, 6.45) is 5.54. The molecule has 0 radical (unpaired) electrons. The largest absolute Gasteiger partial charge is 0.368 e. The Morgan fingerprint density at radius 1 is 1.38 bits per heavy atom. The van der Waals surface area contributed by atoms with E-state index in [1.807, 2.05) is 6.07 Å². The fourth-order valence-electron chi connectivity index (χ4n) is 4.91. The van der Waals surface area contributed by atoms with E-state index >= 15 is 0 Å². The lowest BCUT2D eigenvalue weighted by molar-refractivity contribution is -0.126. The molecule has 3 aliphatic rings. The lowest BCUT2D eigenvalue weighted by Crippen LogP contribution is -2.47. The predicted molar refractivity (Wildman–Crippen MR) is 126 cm³/mol. The number of fused-ring (bicyclic) bond motifs is 1. The van der Waals surface area contributed by atoms with E-state index in [4.69, 9.17) is 0 Å². The van der Waals surface area contributed by atoms with E-state index < -0.39 is 0 Å². The van der Waals surface area contributed by atoms with Crippen LogP contribution < -0.4 is 15.5 Å². The van der Waals surface area contributed by atoms with Gasteiger partial charge in [0.25, 0.3) is 5.91 Å². The maximum atomic E-state index is 12.6. The average molecular weight is 437 g/mol. The lowest BCUT2D eigenvalue weighted by Gasteiger charge is -2.36. The molecule has 0 aromatic carbocycles. The number of nitrogens with zero attached hydrogens (tertiary/aromatic N) is 4. The molecule has 8 heteroatoms. The van der Waals surface area contributed by atoms with Crippen molar-refractivity contribution >= 4 is 24.2 Å². The number of carbonyl (C=O) groups is 2. The number of hydrogen-bond donors (Lipinski definition) is 2. The molecule has 2 atom stereocenters. The van der Waals surface area contributed by atoms with Crippen LogP contribution in [0.4, 0.5) is 5.69 Å². The molecule has 1 saturated heterocycles. The quantitative estimate of drug-likeness (QED) is 0.638. The number of piperazine rings is 1. The van der Waals surface area contributed by atoms with Crippen LogP contribution in [0.1, 0.15) is 37.2 Å². The SMILES string of the molecule is C=NC1=C(/C=C(\C)CN2CCN(c3ccc(C(=O)NC)nc3)CC2)NC(=O)C2(CC)CC12. The lowest BCUT2D eigenvalue weighted by atomic mass is 9.93. The maximum absolute atomic E-state index is 12.6. The zero-order valence-corrected chi connectivity index (χ0v) is 19.1. The molecule has 4 rings (SSSR count). The van der Waals surface area contributed by atoms with Gasteiger partial charge >= 0.3 is 0 Å². The van der Waals surface area contributed by atoms with Crippen LogP contribution in [0.2, 0.25) is 0 Å². The summed E-state index contributed by atoms with van der Waals surface area (Å²) in [6.45, 7) is 12.4. The summed E-state index contributed by atoms with van der Waals surface area (Å²) in [5, 5.41) is 5.67. The van der Waals surface area contributed by atoms with Gasteiger partial charge in [0.05, 0.1) is 28.7 Å². The smallest absolute Gasteiger partial charge is 0.269 e. The number of amides is 2. The van der Waals surface area contributed by atoms with Gasteiger partial charge in [0.2, 0.25) is 5.91 Å². The van der Waals surface area contributed by atoms with Crippen molar-refractivity contribution in [2.45, 2.75) is 26.7 Å². The Kier molecular flexibility index (Phi) is 6.15. The molecule has 1 aromatic rings. The normalized spacial score (nSPS) is 25.8. The number of anilines is 1. The van der Waals surface area contributed by atoms with Crippen LogP contribution in [-0.2, 0) is 4.79 Å². The highest BCUT2D eigenvalue weighted by atomic mass is 16.2. The zero-order valence-electron chi connectivity index (χ0n) is 19.1. The highest BCUT2D eigenvalue weighted by Crippen LogP contribution is 2.61. The second-order valence-electron chi connectivity index (χ2n) is 8.91. The van der Waals surface area contributed by atoms with Crippen molar-refractivity contribution in [2.24, 2.45) is 16.3 Å². The summed E-state index contributed by atoms with van der Waals surface area (Å²) >= 11 is 0. The highest BCUT2D eigenvalue weighted by Gasteiger charge is 2.62. The van der Waals surface area contributed by atoms with Crippen LogP contribution in [0.25, 0.3) is 0 Å². The van der Waals surface area contributed by atoms with Crippen LogP contribution in [-0.4, -0.2) is 68.2 Å². The summed E-state index contributed by atoms with van der Waals surface area (Å²) in [5.41, 5.74) is 4.14. The molecule has 1 saturated carbocycles. The maximum Gasteiger partial charge on any atom is 0.269 e. The fourth-order valence-corrected chi connectivity index (χ4v) is 4.91. The van der Waals surface area contributed by atoms with Gasteiger partial charge in [-0.15, -0.1) is 0 Å². The Bertz CT molecular complexity index is 975. The van der Waals surface area contributed by atoms with Crippen molar-refractivity contribution < 1.29 is 9.59 Å². The van der Waals surface area contributed by atoms with Gasteiger partial charge in [-0.05, 0) is 44.7 Å². The summed E-state index contributed by atoms with van der Waals surface area (Å²) in [5.74, 6) is 0.163. The van der Waals surface area contributed by atoms with E-state index in [-0.39, 0.29) is 23.1 Å². The monoisotopic (exact) mass is 436 g/mol. The Morgan fingerprint density at radius 2 is 2.12 bits per heavy atom. The first-order valence-electron chi connectivity index (χ1n) is 11.3. The minimum atomic E-state index is -0.258. The van der Waals surface area contributed by atoms with E-state index in [0.29, 0.717) is 5.69 Å². The molecule has 170 valence electrons. The fraction of sp³-hybridized carbons (Fsp3) is 0.500. The van der Waals surface area contributed by atoms with Crippen molar-refractivity contribution in [3.8, 4) is 0 Å². The van der Waals surface area contributed by atoms with Crippen molar-refractivity contribution in [3.63, 3.8) is 0 Å². The van der Waals surface area contributed by atoms with Crippen molar-refractivity contribution in [2.75, 3.05) is 44.7 Å². The molecule has 3 heterocycles. The molecule has 32 heavy (non-hydrogen) atoms. The van der Waals surface area contributed by atoms with Crippen molar-refractivity contribution in [1.82, 2.24) is 20.5 Å². The van der Waals surface area contributed by atoms with Crippen LogP contribution in [0.15, 0.2) is 46.4 Å². The number of aliphatic imine (C=N–C) groups is 1. The Balaban J connectivity index is 1.35. The third-order valence-corrected chi connectivity index (χ3v) is 6.99. The van der Waals surface area contributed by atoms with Crippen LogP contribution in [0.3, 0.4) is 0 Å². The molecule has 2 fully saturated rings. The number of allylic oxidation sites excluding steroid dienone is 2. The van der Waals surface area contributed by atoms with Crippen LogP contribution >= 0.6 is 0 Å². The first-order valence-corrected chi connectivity index (χ1v) is 11.3. The van der Waals surface area contributed by atoms with Gasteiger partial charge in [-0.3, -0.25) is 19.5 Å². The molecular formula is C24H32N6O2. The molecule has 1 aromatic heterocycles. The number of rotatable bonds is 7. The molecule has 0 bridgehead atoms. The number of carbonyl (C=O) groups excluding carboxylic acids is 2. The molecule has 2 N–H and O–H groups in total. The van der Waals surface area contributed by atoms with E-state index in [9.17, 15) is 9.59 Å². The highest BCUT2D eigenvalue weighted by molar-refractivity contribution is 5.92. The summed E-state index contributed by atoms with van der Waals surface area (Å²) in [7, 11) is 1.60. The molecule has 2 aliphatic heterocycles. The topological polar surface area (TPSA) is 89.9 Å². The van der Waals surface area contributed by atoms with Gasteiger partial charge in [-0.1, -0.05) is 12.5 Å². The van der Waals surface area contributed by atoms with Crippen molar-refractivity contribution in [3.05, 3.63) is 47.1 Å². The number of hydrogen-bond acceptors (Lipinski definition) is 6. The number of pyridine rings is 1. The van der Waals surface area contributed by atoms with E-state index in [2.05, 4.69) is 57.1 Å². The van der Waals surface area contributed by atoms with Crippen LogP contribution in [0.5, 0.6) is 0 Å². The van der Waals surface area contributed by atoms with E-state index in [1.165, 1.54) is 5.57 Å². The van der Waals surface area contributed by atoms with Crippen molar-refractivity contribution in [1.29, 1.82) is 0 Å². The predicted octanol–water partition coefficient (Wildman–Crippen LogP) is 1.97. The molecule has 8 nitrogen and oxygen atoms in total. The summed E-state index contributed by atoms with van der Waals surface area (Å²) in [6, 6.07) is 3.71. The first-order chi connectivity index (χ1) is 15.4. The Hall–Kier alpha value is -3.00. The Labute approximate surface area is 189 Å². The summed E-state index contributed by atoms with van der Waals surface area (Å²) < 4.78 is 0. The van der Waals surface area contributed by atoms with Gasteiger partial charge in [-0.25, -0.2) is 4.98 Å². The number of aromatic nitrogens is 1. The standard InChI is InChI=1S/C24H32N6O2/c1-5-24-13-18(24)21(25-3)20(28-23(24)32)12-16(2)15-29-8-10-30(11-9-29)17-6-7-19(27-14-17)22(31)26-4/h6-7,12,14,18H,3,5,8-11,13,15H2,1-2,4H3,(H,26,31)(H,28,32)/b16-12+. The minimum absolute atomic E-state index is 0.126.